The predicted molar refractivity (Wildman–Crippen MR) is 179 cm³/mol. The molecule has 1 aliphatic rings. The van der Waals surface area contributed by atoms with Crippen LogP contribution in [-0.2, 0) is 12.8 Å². The van der Waals surface area contributed by atoms with Crippen LogP contribution in [0.5, 0.6) is 5.75 Å². The number of hydrogen-bond acceptors (Lipinski definition) is 11. The van der Waals surface area contributed by atoms with Crippen LogP contribution in [0, 0.1) is 24.6 Å². The van der Waals surface area contributed by atoms with E-state index in [2.05, 4.69) is 55.5 Å². The monoisotopic (exact) mass is 643 g/mol. The van der Waals surface area contributed by atoms with Gasteiger partial charge in [0.1, 0.15) is 0 Å². The Morgan fingerprint density at radius 2 is 2.04 bits per heavy atom. The first-order valence-electron chi connectivity index (χ1n) is 15.0. The SMILES string of the molecule is Cc1c(Nc2nc3ccccc3s2)nnc2c1CCCN2c1ncc(CCCOc2ccc(C#CCNCCCO)cc2F)s1. The molecule has 0 fully saturated rings. The fraction of sp³-hybridized carbons (Fsp3) is 0.333. The number of thiazole rings is 2. The molecule has 0 saturated carbocycles. The van der Waals surface area contributed by atoms with Crippen molar-refractivity contribution >= 4 is 54.8 Å². The van der Waals surface area contributed by atoms with Gasteiger partial charge in [-0.05, 0) is 75.9 Å². The highest BCUT2D eigenvalue weighted by Gasteiger charge is 2.26. The Bertz CT molecular complexity index is 1800. The van der Waals surface area contributed by atoms with Gasteiger partial charge < -0.3 is 25.4 Å². The topological polar surface area (TPSA) is 108 Å². The molecule has 3 N–H and O–H groups in total. The summed E-state index contributed by atoms with van der Waals surface area (Å²) in [5.41, 5.74) is 3.82. The third-order valence-corrected chi connectivity index (χ3v) is 9.42. The van der Waals surface area contributed by atoms with Crippen molar-refractivity contribution < 1.29 is 14.2 Å². The number of aromatic nitrogens is 4. The molecular formula is C33H34FN7O2S2. The van der Waals surface area contributed by atoms with Crippen LogP contribution < -0.4 is 20.3 Å². The number of halogens is 1. The van der Waals surface area contributed by atoms with Crippen molar-refractivity contribution in [1.29, 1.82) is 0 Å². The summed E-state index contributed by atoms with van der Waals surface area (Å²) in [4.78, 5) is 12.7. The van der Waals surface area contributed by atoms with Crippen molar-refractivity contribution in [3.8, 4) is 17.6 Å². The lowest BCUT2D eigenvalue weighted by atomic mass is 10.0. The Morgan fingerprint density at radius 1 is 1.13 bits per heavy atom. The van der Waals surface area contributed by atoms with Gasteiger partial charge in [0, 0.05) is 40.9 Å². The summed E-state index contributed by atoms with van der Waals surface area (Å²) in [7, 11) is 0. The molecule has 0 aliphatic carbocycles. The van der Waals surface area contributed by atoms with Gasteiger partial charge in [-0.15, -0.1) is 21.5 Å². The largest absolute Gasteiger partial charge is 0.491 e. The van der Waals surface area contributed by atoms with Gasteiger partial charge in [0.15, 0.2) is 33.5 Å². The van der Waals surface area contributed by atoms with Crippen molar-refractivity contribution in [3.63, 3.8) is 0 Å². The van der Waals surface area contributed by atoms with Crippen LogP contribution in [0.25, 0.3) is 10.2 Å². The number of hydrogen-bond donors (Lipinski definition) is 3. The summed E-state index contributed by atoms with van der Waals surface area (Å²) in [5, 5.41) is 26.2. The van der Waals surface area contributed by atoms with E-state index >= 15 is 0 Å². The summed E-state index contributed by atoms with van der Waals surface area (Å²) in [6, 6.07) is 12.9. The van der Waals surface area contributed by atoms with Crippen molar-refractivity contribution in [2.45, 2.75) is 39.0 Å². The number of aryl methyl sites for hydroxylation is 1. The van der Waals surface area contributed by atoms with E-state index in [1.165, 1.54) is 11.6 Å². The number of nitrogens with zero attached hydrogens (tertiary/aromatic N) is 5. The second kappa shape index (κ2) is 14.8. The molecule has 12 heteroatoms. The minimum absolute atomic E-state index is 0.147. The van der Waals surface area contributed by atoms with Crippen LogP contribution in [-0.4, -0.2) is 58.1 Å². The summed E-state index contributed by atoms with van der Waals surface area (Å²) < 4.78 is 21.4. The summed E-state index contributed by atoms with van der Waals surface area (Å²) in [5.74, 6) is 7.29. The minimum atomic E-state index is -0.422. The Hall–Kier alpha value is -4.15. The number of benzene rings is 2. The number of nitrogens with one attached hydrogen (secondary N) is 2. The highest BCUT2D eigenvalue weighted by Crippen LogP contribution is 2.38. The highest BCUT2D eigenvalue weighted by atomic mass is 32.1. The maximum atomic E-state index is 14.5. The van der Waals surface area contributed by atoms with Crippen LogP contribution in [0.15, 0.2) is 48.7 Å². The Balaban J connectivity index is 1.02. The van der Waals surface area contributed by atoms with Gasteiger partial charge in [-0.3, -0.25) is 0 Å². The van der Waals surface area contributed by atoms with Gasteiger partial charge in [0.2, 0.25) is 0 Å². The van der Waals surface area contributed by atoms with Crippen molar-refractivity contribution in [3.05, 3.63) is 76.0 Å². The van der Waals surface area contributed by atoms with Gasteiger partial charge in [-0.2, -0.15) is 0 Å². The molecule has 3 aromatic heterocycles. The standard InChI is InChI=1S/C33H34FN7O2S2/c1-22-25-10-5-17-41(31(25)40-39-30(22)38-32-37-27-11-2-3-12-29(27)45-32)33-36-21-24(44-33)9-6-19-43-28-14-13-23(20-26(28)34)8-4-15-35-16-7-18-42/h2-3,11-14,20-21,35,42H,5-7,9-10,15-19H2,1H3,(H,37,38,39). The lowest BCUT2D eigenvalue weighted by molar-refractivity contribution is 0.287. The molecule has 0 radical (unpaired) electrons. The molecule has 0 spiro atoms. The lowest BCUT2D eigenvalue weighted by Gasteiger charge is -2.28. The van der Waals surface area contributed by atoms with Gasteiger partial charge in [0.05, 0.1) is 23.4 Å². The van der Waals surface area contributed by atoms with E-state index in [0.29, 0.717) is 31.7 Å². The van der Waals surface area contributed by atoms with Gasteiger partial charge in [-0.25, -0.2) is 14.4 Å². The predicted octanol–water partition coefficient (Wildman–Crippen LogP) is 6.15. The third-order valence-electron chi connectivity index (χ3n) is 7.39. The Kier molecular flexibility index (Phi) is 10.1. The Labute approximate surface area is 269 Å². The summed E-state index contributed by atoms with van der Waals surface area (Å²) >= 11 is 3.25. The molecule has 1 aliphatic heterocycles. The molecule has 232 valence electrons. The number of para-hydroxylation sites is 1. The number of anilines is 4. The van der Waals surface area contributed by atoms with Gasteiger partial charge in [-0.1, -0.05) is 35.3 Å². The van der Waals surface area contributed by atoms with E-state index in [1.807, 2.05) is 24.4 Å². The van der Waals surface area contributed by atoms with Crippen LogP contribution in [0.4, 0.5) is 26.3 Å². The number of aliphatic hydroxyl groups excluding tert-OH is 1. The molecule has 6 rings (SSSR count). The van der Waals surface area contributed by atoms with E-state index in [9.17, 15) is 4.39 Å². The van der Waals surface area contributed by atoms with Crippen molar-refractivity contribution in [1.82, 2.24) is 25.5 Å². The van der Waals surface area contributed by atoms with Crippen LogP contribution in [0.3, 0.4) is 0 Å². The van der Waals surface area contributed by atoms with E-state index in [4.69, 9.17) is 14.8 Å². The molecule has 0 unspecified atom stereocenters. The summed E-state index contributed by atoms with van der Waals surface area (Å²) in [6.07, 6.45) is 6.04. The van der Waals surface area contributed by atoms with Crippen molar-refractivity contribution in [2.75, 3.05) is 43.1 Å². The average Bonchev–Trinajstić information content (AvgIpc) is 3.70. The average molecular weight is 644 g/mol. The molecule has 0 atom stereocenters. The first-order chi connectivity index (χ1) is 22.1. The number of ether oxygens (including phenoxy) is 1. The quantitative estimate of drug-likeness (QED) is 0.109. The maximum Gasteiger partial charge on any atom is 0.191 e. The van der Waals surface area contributed by atoms with E-state index in [0.717, 1.165) is 74.8 Å². The zero-order valence-electron chi connectivity index (χ0n) is 25.0. The smallest absolute Gasteiger partial charge is 0.191 e. The van der Waals surface area contributed by atoms with Crippen LogP contribution in [0.2, 0.25) is 0 Å². The Morgan fingerprint density at radius 3 is 2.91 bits per heavy atom. The zero-order valence-corrected chi connectivity index (χ0v) is 26.6. The molecule has 0 bridgehead atoms. The molecule has 5 aromatic rings. The molecule has 0 amide bonds. The second-order valence-corrected chi connectivity index (χ2v) is 12.7. The van der Waals surface area contributed by atoms with Gasteiger partial charge >= 0.3 is 0 Å². The lowest BCUT2D eigenvalue weighted by Crippen LogP contribution is -2.27. The van der Waals surface area contributed by atoms with E-state index < -0.39 is 5.82 Å². The normalized spacial score (nSPS) is 12.6. The fourth-order valence-electron chi connectivity index (χ4n) is 5.07. The minimum Gasteiger partial charge on any atom is -0.491 e. The van der Waals surface area contributed by atoms with Crippen LogP contribution >= 0.6 is 22.7 Å². The number of fused-ring (bicyclic) bond motifs is 2. The third kappa shape index (κ3) is 7.57. The molecule has 9 nitrogen and oxygen atoms in total. The highest BCUT2D eigenvalue weighted by molar-refractivity contribution is 7.22. The maximum absolute atomic E-state index is 14.5. The molecule has 4 heterocycles. The number of aliphatic hydroxyl groups is 1. The molecular weight excluding hydrogens is 610 g/mol. The zero-order chi connectivity index (χ0) is 31.0. The summed E-state index contributed by atoms with van der Waals surface area (Å²) in [6.45, 7) is 4.65. The molecule has 45 heavy (non-hydrogen) atoms. The molecule has 2 aromatic carbocycles. The number of rotatable bonds is 12. The van der Waals surface area contributed by atoms with Gasteiger partial charge in [0.25, 0.3) is 0 Å². The first-order valence-corrected chi connectivity index (χ1v) is 16.7. The fourth-order valence-corrected chi connectivity index (χ4v) is 6.92. The molecule has 0 saturated heterocycles. The van der Waals surface area contributed by atoms with Crippen molar-refractivity contribution in [2.24, 2.45) is 0 Å². The first kappa shape index (κ1) is 30.9. The van der Waals surface area contributed by atoms with E-state index in [1.54, 1.807) is 34.8 Å². The van der Waals surface area contributed by atoms with E-state index in [-0.39, 0.29) is 12.4 Å². The second-order valence-electron chi connectivity index (χ2n) is 10.6. The van der Waals surface area contributed by atoms with Crippen LogP contribution in [0.1, 0.15) is 40.8 Å².